The van der Waals surface area contributed by atoms with Crippen LogP contribution >= 0.6 is 0 Å². The number of fused-ring (bicyclic) bond motifs is 7. The van der Waals surface area contributed by atoms with Gasteiger partial charge in [0.2, 0.25) is 0 Å². The van der Waals surface area contributed by atoms with E-state index < -0.39 is 0 Å². The van der Waals surface area contributed by atoms with Crippen LogP contribution in [0.5, 0.6) is 0 Å². The predicted molar refractivity (Wildman–Crippen MR) is 370 cm³/mol. The zero-order valence-corrected chi connectivity index (χ0v) is 48.4. The molecule has 0 N–H and O–H groups in total. The first-order valence-corrected chi connectivity index (χ1v) is 30.3. The smallest absolute Gasteiger partial charge is 0.252 e. The van der Waals surface area contributed by atoms with E-state index in [9.17, 15) is 0 Å². The zero-order valence-electron chi connectivity index (χ0n) is 48.4. The van der Waals surface area contributed by atoms with E-state index in [1.807, 2.05) is 36.4 Å². The van der Waals surface area contributed by atoms with Crippen molar-refractivity contribution in [1.82, 2.24) is 19.5 Å². The van der Waals surface area contributed by atoms with E-state index in [1.165, 1.54) is 22.1 Å². The van der Waals surface area contributed by atoms with Gasteiger partial charge in [-0.1, -0.05) is 224 Å². The quantitative estimate of drug-likeness (QED) is 0.120. The summed E-state index contributed by atoms with van der Waals surface area (Å²) in [5.41, 5.74) is 23.9. The van der Waals surface area contributed by atoms with Crippen LogP contribution in [-0.4, -0.2) is 26.2 Å². The van der Waals surface area contributed by atoms with Gasteiger partial charge < -0.3 is 19.3 Å². The van der Waals surface area contributed by atoms with Crippen LogP contribution in [0.4, 0.5) is 51.2 Å². The molecule has 0 radical (unpaired) electrons. The molecule has 0 amide bonds. The Morgan fingerprint density at radius 3 is 1.36 bits per heavy atom. The highest BCUT2D eigenvalue weighted by molar-refractivity contribution is 7.00. The fourth-order valence-corrected chi connectivity index (χ4v) is 13.8. The summed E-state index contributed by atoms with van der Waals surface area (Å²) in [7, 11) is 0. The summed E-state index contributed by atoms with van der Waals surface area (Å²) in [5, 5.41) is 2.24. The molecule has 89 heavy (non-hydrogen) atoms. The van der Waals surface area contributed by atoms with E-state index in [4.69, 9.17) is 15.0 Å². The molecule has 2 aliphatic rings. The predicted octanol–water partition coefficient (Wildman–Crippen LogP) is 18.9. The van der Waals surface area contributed by atoms with E-state index >= 15 is 0 Å². The van der Waals surface area contributed by atoms with Gasteiger partial charge in [-0.25, -0.2) is 15.0 Å². The lowest BCUT2D eigenvalue weighted by Crippen LogP contribution is -2.61. The minimum absolute atomic E-state index is 0.0380. The molecule has 0 aliphatic carbocycles. The minimum atomic E-state index is -0.0380. The Hall–Kier alpha value is -11.9. The Morgan fingerprint density at radius 1 is 0.281 bits per heavy atom. The number of hydrogen-bond acceptors (Lipinski definition) is 6. The first kappa shape index (κ1) is 51.5. The Morgan fingerprint density at radius 2 is 0.742 bits per heavy atom. The molecular formula is C81H54BN7. The molecule has 7 nitrogen and oxygen atoms in total. The lowest BCUT2D eigenvalue weighted by Gasteiger charge is -2.45. The maximum Gasteiger partial charge on any atom is 0.252 e. The maximum absolute atomic E-state index is 5.46. The first-order valence-electron chi connectivity index (χ1n) is 30.3. The first-order chi connectivity index (χ1) is 44.2. The summed E-state index contributed by atoms with van der Waals surface area (Å²) in [5.74, 6) is 1.76. The van der Waals surface area contributed by atoms with E-state index in [0.29, 0.717) is 17.5 Å². The Kier molecular flexibility index (Phi) is 12.5. The summed E-state index contributed by atoms with van der Waals surface area (Å²) in [6.45, 7) is -0.0380. The summed E-state index contributed by atoms with van der Waals surface area (Å²) in [6.07, 6.45) is 0. The Labute approximate surface area is 517 Å². The van der Waals surface area contributed by atoms with Gasteiger partial charge in [-0.15, -0.1) is 0 Å². The molecule has 416 valence electrons. The van der Waals surface area contributed by atoms with Crippen molar-refractivity contribution in [3.05, 3.63) is 328 Å². The highest BCUT2D eigenvalue weighted by Crippen LogP contribution is 2.50. The molecule has 8 heteroatoms. The molecule has 0 saturated heterocycles. The monoisotopic (exact) mass is 1140 g/mol. The molecule has 0 spiro atoms. The van der Waals surface area contributed by atoms with Crippen molar-refractivity contribution in [2.24, 2.45) is 0 Å². The fourth-order valence-electron chi connectivity index (χ4n) is 13.8. The van der Waals surface area contributed by atoms with Crippen LogP contribution in [0.25, 0.3) is 83.9 Å². The van der Waals surface area contributed by atoms with Crippen LogP contribution in [0.1, 0.15) is 0 Å². The maximum atomic E-state index is 5.46. The molecule has 17 rings (SSSR count). The number of anilines is 9. The molecule has 2 aromatic heterocycles. The van der Waals surface area contributed by atoms with Crippen molar-refractivity contribution < 1.29 is 0 Å². The second kappa shape index (κ2) is 21.6. The summed E-state index contributed by atoms with van der Waals surface area (Å²) in [4.78, 5) is 23.4. The third-order valence-corrected chi connectivity index (χ3v) is 17.6. The third kappa shape index (κ3) is 8.71. The van der Waals surface area contributed by atoms with Crippen LogP contribution < -0.4 is 31.1 Å². The molecule has 0 atom stereocenters. The Bertz CT molecular complexity index is 5050. The van der Waals surface area contributed by atoms with Gasteiger partial charge in [0.25, 0.3) is 6.71 Å². The largest absolute Gasteiger partial charge is 0.311 e. The van der Waals surface area contributed by atoms with Gasteiger partial charge in [0, 0.05) is 84.1 Å². The highest BCUT2D eigenvalue weighted by Gasteiger charge is 2.44. The zero-order chi connectivity index (χ0) is 58.8. The fraction of sp³-hybridized carbons (Fsp3) is 0. The van der Waals surface area contributed by atoms with Crippen molar-refractivity contribution in [1.29, 1.82) is 0 Å². The van der Waals surface area contributed by atoms with Crippen molar-refractivity contribution in [2.45, 2.75) is 0 Å². The van der Waals surface area contributed by atoms with E-state index in [0.717, 1.165) is 112 Å². The topological polar surface area (TPSA) is 53.3 Å². The van der Waals surface area contributed by atoms with Gasteiger partial charge in [-0.05, 0) is 131 Å². The van der Waals surface area contributed by atoms with Gasteiger partial charge in [0.1, 0.15) is 0 Å². The van der Waals surface area contributed by atoms with Crippen molar-refractivity contribution in [2.75, 3.05) is 14.7 Å². The normalized spacial score (nSPS) is 12.2. The van der Waals surface area contributed by atoms with Gasteiger partial charge in [0.15, 0.2) is 17.5 Å². The van der Waals surface area contributed by atoms with Crippen LogP contribution in [0, 0.1) is 0 Å². The number of nitrogens with zero attached hydrogens (tertiary/aromatic N) is 7. The molecule has 4 heterocycles. The van der Waals surface area contributed by atoms with E-state index in [2.05, 4.69) is 310 Å². The second-order valence-electron chi connectivity index (χ2n) is 22.7. The SMILES string of the molecule is c1ccc(-c2nc(-c3ccccc3)nc(-c3cccc(-c4cccc(-c5ccc6c7c5N(c5ccccc5)c5ccccc5B7c5ccccc5N6c5ccccc5)c4)c3-n3c4ccccc4c4cc(N(c5ccccc5)c5ccccc5)ccc43)n2)cc1. The standard InChI is InChI=1S/C81H54BN7/c1-7-27-55(28-8-1)79-83-80(56-29-9-2-10-30-56)85-81(84-79)67-43-26-42-64(77(67)89-71-46-22-19-41-66(71)68-54-63(49-51-72(68)89)86(59-33-11-3-12-34-59)60-35-13-4-14-36-60)57-31-25-32-58(53-57)65-50-52-75-76-78(65)88(62-39-17-6-18-40-62)74-48-24-21-45-70(74)82(76)69-44-20-23-47-73(69)87(75)61-37-15-5-16-38-61/h1-54H. The number of hydrogen-bond donors (Lipinski definition) is 0. The number of rotatable bonds is 11. The van der Waals surface area contributed by atoms with Gasteiger partial charge >= 0.3 is 0 Å². The molecule has 0 unspecified atom stereocenters. The molecular weight excluding hydrogens is 1080 g/mol. The molecule has 2 aliphatic heterocycles. The second-order valence-corrected chi connectivity index (χ2v) is 22.7. The van der Waals surface area contributed by atoms with Crippen LogP contribution in [-0.2, 0) is 0 Å². The van der Waals surface area contributed by atoms with Gasteiger partial charge in [-0.3, -0.25) is 0 Å². The van der Waals surface area contributed by atoms with Gasteiger partial charge in [0.05, 0.1) is 22.4 Å². The molecule has 0 bridgehead atoms. The lowest BCUT2D eigenvalue weighted by atomic mass is 9.33. The summed E-state index contributed by atoms with van der Waals surface area (Å²) < 4.78 is 2.45. The molecule has 13 aromatic carbocycles. The average molecular weight is 1140 g/mol. The minimum Gasteiger partial charge on any atom is -0.311 e. The van der Waals surface area contributed by atoms with Crippen molar-refractivity contribution in [3.63, 3.8) is 0 Å². The number of aromatic nitrogens is 4. The number of para-hydroxylation sites is 8. The van der Waals surface area contributed by atoms with E-state index in [-0.39, 0.29) is 6.71 Å². The molecule has 0 saturated carbocycles. The average Bonchev–Trinajstić information content (AvgIpc) is 1.35. The number of benzene rings is 13. The van der Waals surface area contributed by atoms with E-state index in [1.54, 1.807) is 0 Å². The summed E-state index contributed by atoms with van der Waals surface area (Å²) in [6, 6.07) is 118. The highest BCUT2D eigenvalue weighted by atomic mass is 15.2. The molecule has 0 fully saturated rings. The van der Waals surface area contributed by atoms with Crippen LogP contribution in [0.3, 0.4) is 0 Å². The van der Waals surface area contributed by atoms with Crippen LogP contribution in [0.2, 0.25) is 0 Å². The third-order valence-electron chi connectivity index (χ3n) is 17.6. The van der Waals surface area contributed by atoms with Crippen LogP contribution in [0.15, 0.2) is 328 Å². The molecule has 15 aromatic rings. The Balaban J connectivity index is 0.930. The summed E-state index contributed by atoms with van der Waals surface area (Å²) >= 11 is 0. The lowest BCUT2D eigenvalue weighted by molar-refractivity contribution is 1.06. The van der Waals surface area contributed by atoms with Crippen molar-refractivity contribution in [3.8, 4) is 62.1 Å². The van der Waals surface area contributed by atoms with Gasteiger partial charge in [-0.2, -0.15) is 0 Å². The van der Waals surface area contributed by atoms with Crippen molar-refractivity contribution >= 4 is 96.1 Å².